The fourth-order valence-electron chi connectivity index (χ4n) is 11.5. The van der Waals surface area contributed by atoms with Crippen LogP contribution in [0, 0.1) is 12.8 Å². The molecule has 2 aliphatic heterocycles. The van der Waals surface area contributed by atoms with Crippen molar-refractivity contribution < 1.29 is 13.6 Å². The molecule has 0 spiro atoms. The molecule has 0 saturated carbocycles. The van der Waals surface area contributed by atoms with Crippen molar-refractivity contribution >= 4 is 51.9 Å². The molecule has 66 heavy (non-hydrogen) atoms. The van der Waals surface area contributed by atoms with Crippen molar-refractivity contribution in [2.75, 3.05) is 0 Å². The van der Waals surface area contributed by atoms with Crippen LogP contribution in [0.2, 0.25) is 19.6 Å². The van der Waals surface area contributed by atoms with Crippen molar-refractivity contribution in [3.63, 3.8) is 0 Å². The van der Waals surface area contributed by atoms with Crippen LogP contribution in [0.4, 0.5) is 0 Å². The number of pyridine rings is 1. The third kappa shape index (κ3) is 6.92. The minimum absolute atomic E-state index is 0.0333. The summed E-state index contributed by atoms with van der Waals surface area (Å²) in [4.78, 5) is 0. The summed E-state index contributed by atoms with van der Waals surface area (Å²) < 4.78 is 14.9. The van der Waals surface area contributed by atoms with E-state index >= 15 is 0 Å². The van der Waals surface area contributed by atoms with E-state index in [0.717, 1.165) is 81.4 Å². The van der Waals surface area contributed by atoms with Crippen LogP contribution in [0.1, 0.15) is 87.2 Å². The van der Waals surface area contributed by atoms with Crippen molar-refractivity contribution in [3.05, 3.63) is 174 Å². The molecule has 3 aromatic heterocycles. The van der Waals surface area contributed by atoms with Gasteiger partial charge in [-0.15, -0.1) is 0 Å². The van der Waals surface area contributed by atoms with E-state index in [1.165, 1.54) is 50.2 Å². The van der Waals surface area contributed by atoms with Crippen LogP contribution in [-0.2, 0) is 18.3 Å². The zero-order valence-electron chi connectivity index (χ0n) is 40.3. The van der Waals surface area contributed by atoms with Gasteiger partial charge in [-0.25, -0.2) is 0 Å². The average Bonchev–Trinajstić information content (AvgIpc) is 3.83. The van der Waals surface area contributed by atoms with Crippen molar-refractivity contribution in [2.45, 2.75) is 104 Å². The maximum absolute atomic E-state index is 7.13. The predicted octanol–water partition coefficient (Wildman–Crippen LogP) is 14.6. The summed E-state index contributed by atoms with van der Waals surface area (Å²) in [6.45, 7) is 26.7. The Labute approximate surface area is 391 Å². The van der Waals surface area contributed by atoms with Crippen molar-refractivity contribution in [1.29, 1.82) is 0 Å². The van der Waals surface area contributed by atoms with Gasteiger partial charge in [0.25, 0.3) is 0 Å². The fraction of sp³-hybridized carbons (Fsp3) is 0.279. The lowest BCUT2D eigenvalue weighted by atomic mass is 9.76. The number of aryl methyl sites for hydroxylation is 2. The Hall–Kier alpha value is -6.30. The first-order valence-electron chi connectivity index (χ1n) is 24.2. The monoisotopic (exact) mass is 881 g/mol. The second-order valence-electron chi connectivity index (χ2n) is 21.8. The van der Waals surface area contributed by atoms with Crippen LogP contribution in [-0.4, -0.2) is 12.6 Å². The molecule has 0 fully saturated rings. The first-order chi connectivity index (χ1) is 31.7. The number of hydrogen-bond acceptors (Lipinski definition) is 1. The average molecular weight is 882 g/mol. The third-order valence-corrected chi connectivity index (χ3v) is 16.7. The van der Waals surface area contributed by atoms with Crippen molar-refractivity contribution in [3.8, 4) is 39.5 Å². The normalized spacial score (nSPS) is 16.3. The number of fused-ring (bicyclic) bond motifs is 15. The molecule has 4 nitrogen and oxygen atoms in total. The molecule has 9 aromatic rings. The van der Waals surface area contributed by atoms with Crippen LogP contribution in [0.5, 0.6) is 0 Å². The van der Waals surface area contributed by atoms with E-state index in [0.29, 0.717) is 5.92 Å². The van der Waals surface area contributed by atoms with Gasteiger partial charge >= 0.3 is 5.82 Å². The number of nitrogens with zero attached hydrogens (tertiary/aromatic N) is 3. The van der Waals surface area contributed by atoms with Gasteiger partial charge < -0.3 is 4.42 Å². The van der Waals surface area contributed by atoms with Crippen LogP contribution >= 0.6 is 0 Å². The number of para-hydroxylation sites is 3. The summed E-state index contributed by atoms with van der Waals surface area (Å²) >= 11 is 0. The first kappa shape index (κ1) is 42.3. The van der Waals surface area contributed by atoms with Gasteiger partial charge in [0.1, 0.15) is 22.5 Å². The minimum atomic E-state index is -1.75. The van der Waals surface area contributed by atoms with Gasteiger partial charge in [0.15, 0.2) is 28.9 Å². The molecule has 6 aromatic carbocycles. The van der Waals surface area contributed by atoms with E-state index in [2.05, 4.69) is 215 Å². The summed E-state index contributed by atoms with van der Waals surface area (Å²) in [5.41, 5.74) is 19.5. The third-order valence-electron chi connectivity index (χ3n) is 14.7. The van der Waals surface area contributed by atoms with Crippen LogP contribution in [0.15, 0.2) is 151 Å². The van der Waals surface area contributed by atoms with E-state index in [9.17, 15) is 0 Å². The number of rotatable bonds is 5. The zero-order chi connectivity index (χ0) is 45.8. The SMILES string of the molecule is C=C1CC2C(CCc3ccc4c(oc5ccccc54)c3-c3n(-c4ccc(C(C)(C)C)cc4-c4ccccc4)c4ccccc4[n+]31)c1cc(C)ccc1-c1cc(CC(C)C)c([Si](C)(C)C)c[n+]12. The molecule has 0 saturated heterocycles. The number of hydrogen-bond donors (Lipinski definition) is 0. The Morgan fingerprint density at radius 1 is 0.803 bits per heavy atom. The molecule has 5 heterocycles. The Morgan fingerprint density at radius 2 is 1.56 bits per heavy atom. The minimum Gasteiger partial charge on any atom is -0.455 e. The Bertz CT molecular complexity index is 3410. The molecule has 2 atom stereocenters. The molecule has 0 N–H and O–H groups in total. The highest BCUT2D eigenvalue weighted by Gasteiger charge is 2.45. The summed E-state index contributed by atoms with van der Waals surface area (Å²) in [6.07, 6.45) is 6.37. The van der Waals surface area contributed by atoms with E-state index in [1.54, 1.807) is 5.19 Å². The molecule has 0 radical (unpaired) electrons. The number of benzene rings is 6. The quantitative estimate of drug-likeness (QED) is 0.125. The Kier molecular flexibility index (Phi) is 10.0. The summed E-state index contributed by atoms with van der Waals surface area (Å²) in [5, 5.41) is 3.85. The zero-order valence-corrected chi connectivity index (χ0v) is 41.3. The van der Waals surface area contributed by atoms with Gasteiger partial charge in [0.05, 0.1) is 14.5 Å². The van der Waals surface area contributed by atoms with Gasteiger partial charge in [0.2, 0.25) is 5.69 Å². The molecule has 2 aliphatic rings. The Balaban J connectivity index is 1.24. The van der Waals surface area contributed by atoms with Crippen molar-refractivity contribution in [2.24, 2.45) is 5.92 Å². The Morgan fingerprint density at radius 3 is 2.33 bits per heavy atom. The number of aromatic nitrogens is 3. The van der Waals surface area contributed by atoms with Crippen LogP contribution in [0.25, 0.3) is 78.1 Å². The van der Waals surface area contributed by atoms with Gasteiger partial charge in [-0.3, -0.25) is 0 Å². The molecule has 330 valence electrons. The standard InChI is InChI=1S/C61H63N3OSi/c1-38(2)32-43-35-55-45-28-24-39(3)33-50(45)46-29-25-42-26-30-48-47-20-14-17-23-56(47)65-59(48)58(42)60-63(40(4)34-54(46)62(55)37-57(43)66(8,9)10)52-21-15-16-22-53(52)64(60)51-31-27-44(61(5,6)7)36-49(51)41-18-12-11-13-19-41/h11-24,26-28,30-31,33,35-38,46,54H,4,25,29,32,34H2,1-3,5-10H3/q+2. The van der Waals surface area contributed by atoms with Gasteiger partial charge in [-0.1, -0.05) is 157 Å². The highest BCUT2D eigenvalue weighted by atomic mass is 28.3. The predicted molar refractivity (Wildman–Crippen MR) is 279 cm³/mol. The number of allylic oxidation sites excluding steroid dienone is 1. The van der Waals surface area contributed by atoms with E-state index in [4.69, 9.17) is 11.0 Å². The fourth-order valence-corrected chi connectivity index (χ4v) is 13.2. The maximum atomic E-state index is 7.13. The van der Waals surface area contributed by atoms with Gasteiger partial charge in [-0.05, 0) is 102 Å². The summed E-state index contributed by atoms with van der Waals surface area (Å²) in [7, 11) is -1.75. The molecular weight excluding hydrogens is 819 g/mol. The lowest BCUT2D eigenvalue weighted by Gasteiger charge is -2.33. The lowest BCUT2D eigenvalue weighted by molar-refractivity contribution is -0.719. The molecule has 2 unspecified atom stereocenters. The first-order valence-corrected chi connectivity index (χ1v) is 27.7. The molecule has 11 rings (SSSR count). The van der Waals surface area contributed by atoms with Crippen LogP contribution < -0.4 is 14.3 Å². The highest BCUT2D eigenvalue weighted by molar-refractivity contribution is 6.89. The van der Waals surface area contributed by atoms with Gasteiger partial charge in [0, 0.05) is 39.1 Å². The summed E-state index contributed by atoms with van der Waals surface area (Å²) in [6, 6.07) is 50.3. The molecule has 0 aliphatic carbocycles. The molecule has 0 bridgehead atoms. The largest absolute Gasteiger partial charge is 0.455 e. The second-order valence-corrected chi connectivity index (χ2v) is 26.9. The summed E-state index contributed by atoms with van der Waals surface area (Å²) in [5.74, 6) is 1.93. The molecule has 0 amide bonds. The molecule has 5 heteroatoms. The molecular formula is C61H63N3OSi+2. The maximum Gasteiger partial charge on any atom is 0.304 e. The van der Waals surface area contributed by atoms with E-state index in [-0.39, 0.29) is 17.4 Å². The van der Waals surface area contributed by atoms with Crippen molar-refractivity contribution in [1.82, 2.24) is 4.57 Å². The second kappa shape index (κ2) is 15.7. The number of imidazole rings is 1. The van der Waals surface area contributed by atoms with E-state index < -0.39 is 8.07 Å². The number of furan rings is 1. The topological polar surface area (TPSA) is 25.8 Å². The smallest absolute Gasteiger partial charge is 0.304 e. The lowest BCUT2D eigenvalue weighted by Crippen LogP contribution is -2.54. The van der Waals surface area contributed by atoms with E-state index in [1.807, 2.05) is 0 Å². The van der Waals surface area contributed by atoms with Crippen LogP contribution in [0.3, 0.4) is 0 Å². The highest BCUT2D eigenvalue weighted by Crippen LogP contribution is 2.48. The van der Waals surface area contributed by atoms with Gasteiger partial charge in [-0.2, -0.15) is 13.7 Å².